The van der Waals surface area contributed by atoms with Crippen molar-refractivity contribution in [2.45, 2.75) is 6.42 Å². The van der Waals surface area contributed by atoms with Crippen LogP contribution in [0.2, 0.25) is 0 Å². The number of aromatic nitrogens is 1. The largest absolute Gasteiger partial charge is 0.468 e. The van der Waals surface area contributed by atoms with Crippen LogP contribution in [0.1, 0.15) is 12.0 Å². The summed E-state index contributed by atoms with van der Waals surface area (Å²) in [5, 5.41) is 8.61. The summed E-state index contributed by atoms with van der Waals surface area (Å²) in [5.41, 5.74) is 0.546. The number of hydrogen-bond donors (Lipinski definition) is 2. The number of aliphatic hydroxyl groups excluding tert-OH is 1. The van der Waals surface area contributed by atoms with Crippen molar-refractivity contribution in [1.29, 1.82) is 0 Å². The van der Waals surface area contributed by atoms with Gasteiger partial charge in [-0.25, -0.2) is 13.4 Å². The maximum atomic E-state index is 11.6. The molecule has 0 unspecified atom stereocenters. The van der Waals surface area contributed by atoms with Gasteiger partial charge < -0.3 is 9.84 Å². The summed E-state index contributed by atoms with van der Waals surface area (Å²) in [5.74, 6) is 3.86. The first kappa shape index (κ1) is 15.9. The average molecular weight is 298 g/mol. The molecule has 0 saturated heterocycles. The fraction of sp³-hybridized carbons (Fsp3) is 0.333. The number of rotatable bonds is 5. The number of pyridine rings is 1. The zero-order valence-electron chi connectivity index (χ0n) is 10.8. The molecule has 0 atom stereocenters. The Balaban J connectivity index is 2.81. The van der Waals surface area contributed by atoms with E-state index in [1.54, 1.807) is 6.07 Å². The van der Waals surface area contributed by atoms with Crippen LogP contribution in [-0.2, 0) is 19.6 Å². The molecule has 1 rings (SSSR count). The van der Waals surface area contributed by atoms with Crippen LogP contribution in [0.5, 0.6) is 0 Å². The fourth-order valence-corrected chi connectivity index (χ4v) is 2.12. The summed E-state index contributed by atoms with van der Waals surface area (Å²) in [4.78, 5) is 14.8. The fourth-order valence-electron chi connectivity index (χ4n) is 1.19. The van der Waals surface area contributed by atoms with E-state index in [0.29, 0.717) is 12.0 Å². The van der Waals surface area contributed by atoms with Crippen molar-refractivity contribution >= 4 is 21.8 Å². The summed E-state index contributed by atoms with van der Waals surface area (Å²) < 4.78 is 29.7. The van der Waals surface area contributed by atoms with E-state index in [2.05, 4.69) is 26.3 Å². The van der Waals surface area contributed by atoms with Crippen LogP contribution in [-0.4, -0.2) is 43.9 Å². The van der Waals surface area contributed by atoms with Gasteiger partial charge in [0.1, 0.15) is 5.82 Å². The van der Waals surface area contributed by atoms with Crippen molar-refractivity contribution in [1.82, 2.24) is 4.98 Å². The molecular formula is C12H14N2O5S. The molecule has 0 aliphatic heterocycles. The van der Waals surface area contributed by atoms with Gasteiger partial charge in [-0.05, 0) is 12.1 Å². The topological polar surface area (TPSA) is 106 Å². The van der Waals surface area contributed by atoms with Gasteiger partial charge in [0.25, 0.3) is 0 Å². The molecule has 0 spiro atoms. The molecule has 1 heterocycles. The molecule has 108 valence electrons. The molecule has 0 saturated carbocycles. The second-order valence-corrected chi connectivity index (χ2v) is 5.36. The molecule has 0 amide bonds. The highest BCUT2D eigenvalue weighted by Gasteiger charge is 2.17. The molecule has 2 N–H and O–H groups in total. The van der Waals surface area contributed by atoms with Gasteiger partial charge in [-0.1, -0.05) is 11.8 Å². The summed E-state index contributed by atoms with van der Waals surface area (Å²) in [7, 11) is -2.76. The molecular weight excluding hydrogens is 284 g/mol. The standard InChI is InChI=1S/C12H14N2O5S/c1-19-12(16)9-20(17,18)14-11-8-10(5-6-13-11)4-2-3-7-15/h5-6,8,15H,3,7,9H2,1H3,(H,13,14). The highest BCUT2D eigenvalue weighted by atomic mass is 32.2. The molecule has 1 aromatic rings. The van der Waals surface area contributed by atoms with Gasteiger partial charge in [-0.3, -0.25) is 9.52 Å². The van der Waals surface area contributed by atoms with Crippen molar-refractivity contribution < 1.29 is 23.1 Å². The van der Waals surface area contributed by atoms with Crippen LogP contribution in [0.25, 0.3) is 0 Å². The Bertz CT molecular complexity index is 631. The van der Waals surface area contributed by atoms with Crippen molar-refractivity contribution in [2.24, 2.45) is 0 Å². The molecule has 0 aromatic carbocycles. The Morgan fingerprint density at radius 2 is 2.30 bits per heavy atom. The first-order valence-corrected chi connectivity index (χ1v) is 7.25. The minimum atomic E-state index is -3.86. The Morgan fingerprint density at radius 3 is 2.95 bits per heavy atom. The molecule has 0 bridgehead atoms. The van der Waals surface area contributed by atoms with E-state index in [-0.39, 0.29) is 12.4 Å². The number of aliphatic hydroxyl groups is 1. The quantitative estimate of drug-likeness (QED) is 0.572. The lowest BCUT2D eigenvalue weighted by molar-refractivity contribution is -0.137. The molecule has 0 aliphatic carbocycles. The van der Waals surface area contributed by atoms with Gasteiger partial charge in [0.15, 0.2) is 5.75 Å². The van der Waals surface area contributed by atoms with Crippen LogP contribution in [0, 0.1) is 11.8 Å². The van der Waals surface area contributed by atoms with Gasteiger partial charge >= 0.3 is 5.97 Å². The van der Waals surface area contributed by atoms with E-state index in [1.165, 1.54) is 12.3 Å². The maximum Gasteiger partial charge on any atom is 0.322 e. The molecule has 1 aromatic heterocycles. The van der Waals surface area contributed by atoms with Crippen LogP contribution in [0.15, 0.2) is 18.3 Å². The van der Waals surface area contributed by atoms with Gasteiger partial charge in [0.05, 0.1) is 13.7 Å². The third-order valence-corrected chi connectivity index (χ3v) is 3.16. The number of ether oxygens (including phenoxy) is 1. The molecule has 20 heavy (non-hydrogen) atoms. The van der Waals surface area contributed by atoms with Gasteiger partial charge in [0, 0.05) is 18.2 Å². The molecule has 8 heteroatoms. The predicted molar refractivity (Wildman–Crippen MR) is 72.2 cm³/mol. The van der Waals surface area contributed by atoms with E-state index in [1.807, 2.05) is 0 Å². The van der Waals surface area contributed by atoms with Crippen LogP contribution in [0.4, 0.5) is 5.82 Å². The third-order valence-electron chi connectivity index (χ3n) is 2.03. The number of sulfonamides is 1. The molecule has 0 aliphatic rings. The van der Waals surface area contributed by atoms with Crippen molar-refractivity contribution in [3.05, 3.63) is 23.9 Å². The first-order chi connectivity index (χ1) is 9.46. The summed E-state index contributed by atoms with van der Waals surface area (Å²) >= 11 is 0. The van der Waals surface area contributed by atoms with E-state index in [0.717, 1.165) is 7.11 Å². The van der Waals surface area contributed by atoms with Crippen LogP contribution in [0.3, 0.4) is 0 Å². The van der Waals surface area contributed by atoms with Crippen LogP contribution < -0.4 is 4.72 Å². The zero-order valence-corrected chi connectivity index (χ0v) is 11.6. The van der Waals surface area contributed by atoms with Crippen molar-refractivity contribution in [3.63, 3.8) is 0 Å². The predicted octanol–water partition coefficient (Wildman–Crippen LogP) is -0.270. The van der Waals surface area contributed by atoms with E-state index >= 15 is 0 Å². The van der Waals surface area contributed by atoms with E-state index in [4.69, 9.17) is 5.11 Å². The Hall–Kier alpha value is -2.11. The number of nitrogens with zero attached hydrogens (tertiary/aromatic N) is 1. The van der Waals surface area contributed by atoms with Crippen molar-refractivity contribution in [2.75, 3.05) is 24.2 Å². The Labute approximate surface area is 117 Å². The lowest BCUT2D eigenvalue weighted by Gasteiger charge is -2.06. The summed E-state index contributed by atoms with van der Waals surface area (Å²) in [6.07, 6.45) is 1.71. The maximum absolute atomic E-state index is 11.6. The number of nitrogens with one attached hydrogen (secondary N) is 1. The molecule has 0 radical (unpaired) electrons. The number of anilines is 1. The van der Waals surface area contributed by atoms with Crippen molar-refractivity contribution in [3.8, 4) is 11.8 Å². The number of methoxy groups -OCH3 is 1. The van der Waals surface area contributed by atoms with Gasteiger partial charge in [0.2, 0.25) is 10.0 Å². The smallest absolute Gasteiger partial charge is 0.322 e. The van der Waals surface area contributed by atoms with Gasteiger partial charge in [-0.2, -0.15) is 0 Å². The minimum Gasteiger partial charge on any atom is -0.468 e. The number of esters is 1. The highest BCUT2D eigenvalue weighted by Crippen LogP contribution is 2.08. The monoisotopic (exact) mass is 298 g/mol. The highest BCUT2D eigenvalue weighted by molar-refractivity contribution is 7.93. The van der Waals surface area contributed by atoms with Crippen LogP contribution >= 0.6 is 0 Å². The third kappa shape index (κ3) is 5.69. The SMILES string of the molecule is COC(=O)CS(=O)(=O)Nc1cc(C#CCCO)ccn1. The van der Waals surface area contributed by atoms with E-state index < -0.39 is 21.7 Å². The second-order valence-electron chi connectivity index (χ2n) is 3.64. The second kappa shape index (κ2) is 7.47. The number of carbonyl (C=O) groups is 1. The Morgan fingerprint density at radius 1 is 1.55 bits per heavy atom. The molecule has 7 nitrogen and oxygen atoms in total. The average Bonchev–Trinajstić information content (AvgIpc) is 2.38. The van der Waals surface area contributed by atoms with Gasteiger partial charge in [-0.15, -0.1) is 0 Å². The number of hydrogen-bond acceptors (Lipinski definition) is 6. The minimum absolute atomic E-state index is 0.0449. The van der Waals surface area contributed by atoms with E-state index in [9.17, 15) is 13.2 Å². The molecule has 0 fully saturated rings. The lowest BCUT2D eigenvalue weighted by Crippen LogP contribution is -2.24. The summed E-state index contributed by atoms with van der Waals surface area (Å²) in [6.45, 7) is -0.0449. The summed E-state index contributed by atoms with van der Waals surface area (Å²) in [6, 6.07) is 3.03. The zero-order chi connectivity index (χ0) is 15.0. The first-order valence-electron chi connectivity index (χ1n) is 5.60. The number of carbonyl (C=O) groups excluding carboxylic acids is 1. The normalized spacial score (nSPS) is 10.3. The Kier molecular flexibility index (Phi) is 5.96. The lowest BCUT2D eigenvalue weighted by atomic mass is 10.2.